The molecule has 2 aliphatic heterocycles. The molecule has 0 radical (unpaired) electrons. The zero-order valence-corrected chi connectivity index (χ0v) is 17.1. The summed E-state index contributed by atoms with van der Waals surface area (Å²) in [6.45, 7) is 3.55. The first kappa shape index (κ1) is 20.5. The summed E-state index contributed by atoms with van der Waals surface area (Å²) in [6.07, 6.45) is 3.29. The number of benzene rings is 2. The van der Waals surface area contributed by atoms with Crippen LogP contribution in [0.1, 0.15) is 41.1 Å². The standard InChI is InChI=1S/C24H28FN3O2/c25-21-8-6-20(7-9-21)24(30)26-16-23(29)28-15-12-22(17-28)27-13-10-19(11-14-27)18-4-2-1-3-5-18/h1-9,19,22H,10-17H2,(H,26,30). The van der Waals surface area contributed by atoms with Gasteiger partial charge in [-0.25, -0.2) is 4.39 Å². The lowest BCUT2D eigenvalue weighted by molar-refractivity contribution is -0.129. The van der Waals surface area contributed by atoms with Gasteiger partial charge in [0.15, 0.2) is 0 Å². The fourth-order valence-corrected chi connectivity index (χ4v) is 4.56. The number of nitrogens with one attached hydrogen (secondary N) is 1. The maximum atomic E-state index is 13.0. The Morgan fingerprint density at radius 1 is 0.933 bits per heavy atom. The maximum Gasteiger partial charge on any atom is 0.251 e. The molecular formula is C24H28FN3O2. The fourth-order valence-electron chi connectivity index (χ4n) is 4.56. The molecule has 5 nitrogen and oxygen atoms in total. The Bertz CT molecular complexity index is 864. The largest absolute Gasteiger partial charge is 0.343 e. The molecule has 158 valence electrons. The molecule has 2 amide bonds. The lowest BCUT2D eigenvalue weighted by Gasteiger charge is -2.36. The summed E-state index contributed by atoms with van der Waals surface area (Å²) in [5.41, 5.74) is 1.78. The molecule has 2 aromatic rings. The second-order valence-electron chi connectivity index (χ2n) is 8.19. The van der Waals surface area contributed by atoms with Gasteiger partial charge < -0.3 is 10.2 Å². The van der Waals surface area contributed by atoms with Crippen LogP contribution >= 0.6 is 0 Å². The number of amides is 2. The number of nitrogens with zero attached hydrogens (tertiary/aromatic N) is 2. The third-order valence-corrected chi connectivity index (χ3v) is 6.34. The Morgan fingerprint density at radius 2 is 1.63 bits per heavy atom. The molecule has 1 unspecified atom stereocenters. The van der Waals surface area contributed by atoms with E-state index in [4.69, 9.17) is 0 Å². The van der Waals surface area contributed by atoms with Gasteiger partial charge in [0.25, 0.3) is 5.91 Å². The van der Waals surface area contributed by atoms with Gasteiger partial charge in [-0.3, -0.25) is 14.5 Å². The first-order chi connectivity index (χ1) is 14.6. The molecule has 0 bridgehead atoms. The molecule has 6 heteroatoms. The number of hydrogen-bond donors (Lipinski definition) is 1. The van der Waals surface area contributed by atoms with Gasteiger partial charge in [0.05, 0.1) is 6.54 Å². The molecule has 0 saturated carbocycles. The Labute approximate surface area is 176 Å². The first-order valence-corrected chi connectivity index (χ1v) is 10.7. The van der Waals surface area contributed by atoms with Gasteiger partial charge in [0.1, 0.15) is 5.82 Å². The highest BCUT2D eigenvalue weighted by atomic mass is 19.1. The molecule has 2 fully saturated rings. The van der Waals surface area contributed by atoms with Gasteiger partial charge in [0, 0.05) is 24.7 Å². The minimum absolute atomic E-state index is 0.0288. The molecule has 2 aromatic carbocycles. The number of rotatable bonds is 5. The van der Waals surface area contributed by atoms with Crippen LogP contribution in [0.25, 0.3) is 0 Å². The van der Waals surface area contributed by atoms with Crippen LogP contribution in [0.15, 0.2) is 54.6 Å². The predicted octanol–water partition coefficient (Wildman–Crippen LogP) is 3.04. The number of piperidine rings is 1. The Hall–Kier alpha value is -2.73. The third-order valence-electron chi connectivity index (χ3n) is 6.34. The molecule has 30 heavy (non-hydrogen) atoms. The third kappa shape index (κ3) is 4.87. The summed E-state index contributed by atoms with van der Waals surface area (Å²) in [6, 6.07) is 16.4. The Balaban J connectivity index is 1.22. The van der Waals surface area contributed by atoms with E-state index in [1.54, 1.807) is 0 Å². The van der Waals surface area contributed by atoms with Gasteiger partial charge in [-0.1, -0.05) is 30.3 Å². The van der Waals surface area contributed by atoms with Crippen LogP contribution in [0, 0.1) is 5.82 Å². The molecule has 2 aliphatic rings. The predicted molar refractivity (Wildman–Crippen MR) is 114 cm³/mol. The van der Waals surface area contributed by atoms with E-state index >= 15 is 0 Å². The van der Waals surface area contributed by atoms with Crippen molar-refractivity contribution in [1.29, 1.82) is 0 Å². The molecule has 0 aromatic heterocycles. The molecule has 0 spiro atoms. The van der Waals surface area contributed by atoms with Gasteiger partial charge in [-0.15, -0.1) is 0 Å². The van der Waals surface area contributed by atoms with Crippen LogP contribution in [-0.4, -0.2) is 60.4 Å². The van der Waals surface area contributed by atoms with Crippen LogP contribution in [0.4, 0.5) is 4.39 Å². The van der Waals surface area contributed by atoms with Gasteiger partial charge in [-0.2, -0.15) is 0 Å². The SMILES string of the molecule is O=C(NCC(=O)N1CCC(N2CCC(c3ccccc3)CC2)C1)c1ccc(F)cc1. The van der Waals surface area contributed by atoms with Gasteiger partial charge in [-0.05, 0) is 68.1 Å². The molecule has 0 aliphatic carbocycles. The van der Waals surface area contributed by atoms with Gasteiger partial charge >= 0.3 is 0 Å². The van der Waals surface area contributed by atoms with Crippen LogP contribution in [-0.2, 0) is 4.79 Å². The van der Waals surface area contributed by atoms with Crippen molar-refractivity contribution in [2.45, 2.75) is 31.2 Å². The van der Waals surface area contributed by atoms with Crippen molar-refractivity contribution in [2.24, 2.45) is 0 Å². The Morgan fingerprint density at radius 3 is 2.33 bits per heavy atom. The van der Waals surface area contributed by atoms with E-state index in [-0.39, 0.29) is 18.4 Å². The van der Waals surface area contributed by atoms with E-state index in [2.05, 4.69) is 40.5 Å². The number of hydrogen-bond acceptors (Lipinski definition) is 3. The smallest absolute Gasteiger partial charge is 0.251 e. The van der Waals surface area contributed by atoms with E-state index in [1.807, 2.05) is 4.90 Å². The van der Waals surface area contributed by atoms with Crippen molar-refractivity contribution in [3.8, 4) is 0 Å². The highest BCUT2D eigenvalue weighted by molar-refractivity contribution is 5.96. The van der Waals surface area contributed by atoms with Crippen LogP contribution in [0.2, 0.25) is 0 Å². The highest BCUT2D eigenvalue weighted by Crippen LogP contribution is 2.30. The van der Waals surface area contributed by atoms with E-state index in [9.17, 15) is 14.0 Å². The number of likely N-dealkylation sites (tertiary alicyclic amines) is 2. The summed E-state index contributed by atoms with van der Waals surface area (Å²) in [7, 11) is 0. The minimum atomic E-state index is -0.390. The van der Waals surface area contributed by atoms with Crippen molar-refractivity contribution in [3.05, 3.63) is 71.5 Å². The highest BCUT2D eigenvalue weighted by Gasteiger charge is 2.32. The summed E-state index contributed by atoms with van der Waals surface area (Å²) in [5.74, 6) is -0.184. The molecule has 2 heterocycles. The van der Waals surface area contributed by atoms with Crippen molar-refractivity contribution in [3.63, 3.8) is 0 Å². The summed E-state index contributed by atoms with van der Waals surface area (Å²) < 4.78 is 13.0. The zero-order chi connectivity index (χ0) is 20.9. The van der Waals surface area contributed by atoms with Gasteiger partial charge in [0.2, 0.25) is 5.91 Å². The quantitative estimate of drug-likeness (QED) is 0.826. The second kappa shape index (κ2) is 9.39. The lowest BCUT2D eigenvalue weighted by atomic mass is 9.89. The molecular weight excluding hydrogens is 381 g/mol. The van der Waals surface area contributed by atoms with Crippen LogP contribution in [0.5, 0.6) is 0 Å². The average molecular weight is 410 g/mol. The number of halogens is 1. The minimum Gasteiger partial charge on any atom is -0.343 e. The Kier molecular flexibility index (Phi) is 6.43. The summed E-state index contributed by atoms with van der Waals surface area (Å²) >= 11 is 0. The lowest BCUT2D eigenvalue weighted by Crippen LogP contribution is -2.44. The van der Waals surface area contributed by atoms with E-state index in [0.29, 0.717) is 17.5 Å². The molecule has 1 N–H and O–H groups in total. The average Bonchev–Trinajstić information content (AvgIpc) is 3.29. The van der Waals surface area contributed by atoms with Crippen LogP contribution in [0.3, 0.4) is 0 Å². The van der Waals surface area contributed by atoms with E-state index < -0.39 is 5.82 Å². The van der Waals surface area contributed by atoms with Crippen LogP contribution < -0.4 is 5.32 Å². The first-order valence-electron chi connectivity index (χ1n) is 10.7. The van der Waals surface area contributed by atoms with E-state index in [0.717, 1.165) is 45.4 Å². The topological polar surface area (TPSA) is 52.7 Å². The molecule has 1 atom stereocenters. The normalized spacial score (nSPS) is 20.3. The molecule has 4 rings (SSSR count). The molecule has 2 saturated heterocycles. The number of carbonyl (C=O) groups is 2. The van der Waals surface area contributed by atoms with Crippen molar-refractivity contribution in [2.75, 3.05) is 32.7 Å². The van der Waals surface area contributed by atoms with E-state index in [1.165, 1.54) is 29.8 Å². The fraction of sp³-hybridized carbons (Fsp3) is 0.417. The summed E-state index contributed by atoms with van der Waals surface area (Å²) in [4.78, 5) is 29.0. The monoisotopic (exact) mass is 409 g/mol. The van der Waals surface area contributed by atoms with Crippen molar-refractivity contribution in [1.82, 2.24) is 15.1 Å². The second-order valence-corrected chi connectivity index (χ2v) is 8.19. The van der Waals surface area contributed by atoms with Crippen molar-refractivity contribution < 1.29 is 14.0 Å². The summed E-state index contributed by atoms with van der Waals surface area (Å²) in [5, 5.41) is 2.65. The maximum absolute atomic E-state index is 13.0. The number of carbonyl (C=O) groups excluding carboxylic acids is 2. The zero-order valence-electron chi connectivity index (χ0n) is 17.1. The van der Waals surface area contributed by atoms with Crippen molar-refractivity contribution >= 4 is 11.8 Å².